The van der Waals surface area contributed by atoms with Gasteiger partial charge in [-0.1, -0.05) is 24.3 Å². The lowest BCUT2D eigenvalue weighted by molar-refractivity contribution is 1.01. The number of fused-ring (bicyclic) bond motifs is 3. The Bertz CT molecular complexity index is 1500. The number of hydrogen-bond acceptors (Lipinski definition) is 3. The van der Waals surface area contributed by atoms with Crippen molar-refractivity contribution in [2.24, 2.45) is 0 Å². The fourth-order valence-corrected chi connectivity index (χ4v) is 4.82. The molecule has 0 bridgehead atoms. The largest absolute Gasteiger partial charge is 0.367 e. The number of nitrogens with zero attached hydrogens (tertiary/aromatic N) is 4. The van der Waals surface area contributed by atoms with Crippen LogP contribution in [0, 0.1) is 0 Å². The predicted molar refractivity (Wildman–Crippen MR) is 135 cm³/mol. The maximum absolute atomic E-state index is 4.65. The quantitative estimate of drug-likeness (QED) is 0.398. The molecular weight excluding hydrogens is 408 g/mol. The molecule has 33 heavy (non-hydrogen) atoms. The minimum Gasteiger partial charge on any atom is -0.367 e. The topological polar surface area (TPSA) is 51.7 Å². The van der Waals surface area contributed by atoms with Crippen molar-refractivity contribution in [2.45, 2.75) is 0 Å². The first-order valence-electron chi connectivity index (χ1n) is 11.2. The number of hydrogen-bond donors (Lipinski definition) is 2. The Morgan fingerprint density at radius 2 is 1.24 bits per heavy atom. The van der Waals surface area contributed by atoms with Crippen LogP contribution in [0.25, 0.3) is 40.2 Å². The van der Waals surface area contributed by atoms with Crippen LogP contribution in [0.5, 0.6) is 0 Å². The second-order valence-corrected chi connectivity index (χ2v) is 8.36. The van der Waals surface area contributed by atoms with Crippen LogP contribution in [-0.4, -0.2) is 31.8 Å². The first kappa shape index (κ1) is 18.2. The van der Waals surface area contributed by atoms with Crippen LogP contribution in [0.4, 0.5) is 11.6 Å². The minimum atomic E-state index is 0.830. The van der Waals surface area contributed by atoms with Crippen LogP contribution in [0.2, 0.25) is 0 Å². The summed E-state index contributed by atoms with van der Waals surface area (Å²) in [6.45, 7) is 1.66. The monoisotopic (exact) mass is 430 g/mol. The molecule has 0 aliphatic carbocycles. The van der Waals surface area contributed by atoms with E-state index in [9.17, 15) is 0 Å². The van der Waals surface area contributed by atoms with Crippen molar-refractivity contribution in [1.29, 1.82) is 0 Å². The van der Waals surface area contributed by atoms with Gasteiger partial charge in [0.25, 0.3) is 0 Å². The highest BCUT2D eigenvalue weighted by Gasteiger charge is 2.16. The Hall–Kier alpha value is -4.45. The summed E-state index contributed by atoms with van der Waals surface area (Å²) in [4.78, 5) is 4.65. The highest BCUT2D eigenvalue weighted by Crippen LogP contribution is 2.32. The second-order valence-electron chi connectivity index (χ2n) is 8.36. The van der Waals surface area contributed by atoms with Crippen molar-refractivity contribution in [3.63, 3.8) is 0 Å². The molecular formula is C27H22N6. The summed E-state index contributed by atoms with van der Waals surface area (Å²) in [5, 5.41) is 8.18. The van der Waals surface area contributed by atoms with Gasteiger partial charge in [-0.3, -0.25) is 0 Å². The van der Waals surface area contributed by atoms with Gasteiger partial charge in [-0.25, -0.2) is 4.98 Å². The highest BCUT2D eigenvalue weighted by molar-refractivity contribution is 5.79. The van der Waals surface area contributed by atoms with E-state index in [1.807, 2.05) is 12.3 Å². The smallest absolute Gasteiger partial charge is 0.144 e. The van der Waals surface area contributed by atoms with E-state index < -0.39 is 0 Å². The first-order chi connectivity index (χ1) is 16.3. The summed E-state index contributed by atoms with van der Waals surface area (Å²) in [7, 11) is 0. The zero-order valence-electron chi connectivity index (χ0n) is 17.9. The zero-order chi connectivity index (χ0) is 21.8. The van der Waals surface area contributed by atoms with Crippen molar-refractivity contribution < 1.29 is 0 Å². The molecule has 0 spiro atoms. The Morgan fingerprint density at radius 1 is 0.667 bits per heavy atom. The fraction of sp³-hybridized carbons (Fsp3) is 0.0741. The van der Waals surface area contributed by atoms with Gasteiger partial charge >= 0.3 is 0 Å². The molecule has 0 atom stereocenters. The first-order valence-corrected chi connectivity index (χ1v) is 11.2. The van der Waals surface area contributed by atoms with E-state index in [0.29, 0.717) is 0 Å². The molecule has 6 nitrogen and oxygen atoms in total. The molecule has 0 saturated carbocycles. The lowest BCUT2D eigenvalue weighted by Gasteiger charge is -2.19. The van der Waals surface area contributed by atoms with Gasteiger partial charge in [0, 0.05) is 54.4 Å². The van der Waals surface area contributed by atoms with Crippen LogP contribution >= 0.6 is 0 Å². The summed E-state index contributed by atoms with van der Waals surface area (Å²) < 4.78 is 6.62. The van der Waals surface area contributed by atoms with Gasteiger partial charge in [0.15, 0.2) is 0 Å². The van der Waals surface area contributed by atoms with Crippen molar-refractivity contribution in [2.75, 3.05) is 23.7 Å². The van der Waals surface area contributed by atoms with Crippen LogP contribution in [-0.2, 0) is 0 Å². The SMILES string of the molecule is C1=Cc2ccn(-c3cc(-n4ccc5c4NCC=C5)cc(-n4ccc5cccnc54)c3)c2NC1. The second kappa shape index (κ2) is 7.03. The van der Waals surface area contributed by atoms with Crippen molar-refractivity contribution in [3.05, 3.63) is 96.6 Å². The third-order valence-electron chi connectivity index (χ3n) is 6.37. The number of anilines is 2. The summed E-state index contributed by atoms with van der Waals surface area (Å²) >= 11 is 0. The molecule has 5 aromatic rings. The van der Waals surface area contributed by atoms with Crippen LogP contribution in [0.1, 0.15) is 11.1 Å². The number of nitrogens with one attached hydrogen (secondary N) is 2. The Kier molecular flexibility index (Phi) is 3.87. The predicted octanol–water partition coefficient (Wildman–Crippen LogP) is 5.48. The van der Waals surface area contributed by atoms with E-state index >= 15 is 0 Å². The molecule has 7 rings (SSSR count). The van der Waals surface area contributed by atoms with E-state index in [-0.39, 0.29) is 0 Å². The number of pyridine rings is 1. The third-order valence-corrected chi connectivity index (χ3v) is 6.37. The van der Waals surface area contributed by atoms with Gasteiger partial charge in [-0.05, 0) is 48.5 Å². The molecule has 0 radical (unpaired) electrons. The molecule has 0 saturated heterocycles. The standard InChI is InChI=1S/C27H22N6/c1-4-19-7-13-31(25(19)28-10-1)22-16-23(32-14-8-20-5-2-11-29-26(20)32)18-24(17-22)33-15-9-21-6-3-12-30-27(21)33/h1-10,13-18,29-30H,11-12H2. The molecule has 2 N–H and O–H groups in total. The number of rotatable bonds is 3. The molecule has 2 aliphatic rings. The molecule has 4 aromatic heterocycles. The van der Waals surface area contributed by atoms with Crippen LogP contribution in [0.3, 0.4) is 0 Å². The van der Waals surface area contributed by atoms with Gasteiger partial charge in [-0.15, -0.1) is 0 Å². The summed E-state index contributed by atoms with van der Waals surface area (Å²) in [5.74, 6) is 2.23. The molecule has 160 valence electrons. The normalized spacial score (nSPS) is 14.1. The van der Waals surface area contributed by atoms with Crippen LogP contribution < -0.4 is 10.6 Å². The van der Waals surface area contributed by atoms with E-state index in [0.717, 1.165) is 52.8 Å². The van der Waals surface area contributed by atoms with Crippen molar-refractivity contribution in [1.82, 2.24) is 18.7 Å². The summed E-state index contributed by atoms with van der Waals surface area (Å²) in [6, 6.07) is 17.2. The van der Waals surface area contributed by atoms with Crippen molar-refractivity contribution in [3.8, 4) is 17.1 Å². The summed E-state index contributed by atoms with van der Waals surface area (Å²) in [6.07, 6.45) is 16.9. The maximum Gasteiger partial charge on any atom is 0.144 e. The lowest BCUT2D eigenvalue weighted by Crippen LogP contribution is -2.11. The van der Waals surface area contributed by atoms with E-state index in [4.69, 9.17) is 0 Å². The Labute approximate surface area is 191 Å². The molecule has 0 amide bonds. The van der Waals surface area contributed by atoms with E-state index in [2.05, 4.69) is 115 Å². The van der Waals surface area contributed by atoms with Crippen LogP contribution in [0.15, 0.2) is 85.5 Å². The minimum absolute atomic E-state index is 0.830. The number of benzene rings is 1. The van der Waals surface area contributed by atoms with Gasteiger partial charge in [-0.2, -0.15) is 0 Å². The molecule has 6 heterocycles. The van der Waals surface area contributed by atoms with E-state index in [1.54, 1.807) is 0 Å². The van der Waals surface area contributed by atoms with Gasteiger partial charge in [0.2, 0.25) is 0 Å². The number of aromatic nitrogens is 4. The molecule has 6 heteroatoms. The van der Waals surface area contributed by atoms with Gasteiger partial charge < -0.3 is 24.3 Å². The maximum atomic E-state index is 4.65. The molecule has 1 aromatic carbocycles. The van der Waals surface area contributed by atoms with Gasteiger partial charge in [0.05, 0.1) is 17.1 Å². The van der Waals surface area contributed by atoms with Crippen molar-refractivity contribution >= 4 is 34.8 Å². The van der Waals surface area contributed by atoms with E-state index in [1.165, 1.54) is 11.1 Å². The average Bonchev–Trinajstić information content (AvgIpc) is 3.60. The third kappa shape index (κ3) is 2.84. The fourth-order valence-electron chi connectivity index (χ4n) is 4.82. The zero-order valence-corrected chi connectivity index (χ0v) is 17.9. The summed E-state index contributed by atoms with van der Waals surface area (Å²) in [5.41, 5.74) is 6.61. The highest BCUT2D eigenvalue weighted by atomic mass is 15.1. The Balaban J connectivity index is 1.47. The average molecular weight is 431 g/mol. The molecule has 0 fully saturated rings. The van der Waals surface area contributed by atoms with Gasteiger partial charge in [0.1, 0.15) is 17.3 Å². The molecule has 0 unspecified atom stereocenters. The molecule has 2 aliphatic heterocycles. The Morgan fingerprint density at radius 3 is 1.88 bits per heavy atom. The lowest BCUT2D eigenvalue weighted by atomic mass is 10.2.